The Labute approximate surface area is 101 Å². The molecule has 100 valence electrons. The maximum atomic E-state index is 11.0. The largest absolute Gasteiger partial charge is 0.447 e. The van der Waals surface area contributed by atoms with Crippen LogP contribution in [-0.4, -0.2) is 51.7 Å². The third-order valence-electron chi connectivity index (χ3n) is 1.78. The van der Waals surface area contributed by atoms with Crippen molar-refractivity contribution in [2.45, 2.75) is 20.0 Å². The second-order valence-corrected chi connectivity index (χ2v) is 3.12. The summed E-state index contributed by atoms with van der Waals surface area (Å²) in [7, 11) is 1.45. The Morgan fingerprint density at radius 3 is 1.71 bits per heavy atom. The summed E-state index contributed by atoms with van der Waals surface area (Å²) in [5.41, 5.74) is 0. The van der Waals surface area contributed by atoms with Crippen LogP contribution in [0, 0.1) is 0 Å². The highest BCUT2D eigenvalue weighted by molar-refractivity contribution is 5.67. The minimum Gasteiger partial charge on any atom is -0.447 e. The smallest absolute Gasteiger partial charge is 0.407 e. The molecule has 0 aromatic rings. The summed E-state index contributed by atoms with van der Waals surface area (Å²) in [6.45, 7) is 4.61. The first kappa shape index (κ1) is 15.5. The van der Waals surface area contributed by atoms with Gasteiger partial charge >= 0.3 is 12.2 Å². The van der Waals surface area contributed by atoms with Crippen LogP contribution in [0.4, 0.5) is 9.59 Å². The molecule has 0 aliphatic heterocycles. The molecule has 0 aromatic heterocycles. The minimum absolute atomic E-state index is 0.0295. The van der Waals surface area contributed by atoms with E-state index in [0.717, 1.165) is 0 Å². The molecule has 7 nitrogen and oxygen atoms in total. The van der Waals surface area contributed by atoms with Crippen molar-refractivity contribution >= 4 is 12.2 Å². The van der Waals surface area contributed by atoms with E-state index in [1.54, 1.807) is 13.8 Å². The number of hydrogen-bond donors (Lipinski definition) is 2. The molecule has 0 rings (SSSR count). The summed E-state index contributed by atoms with van der Waals surface area (Å²) in [6.07, 6.45) is -1.51. The van der Waals surface area contributed by atoms with Crippen molar-refractivity contribution in [2.75, 3.05) is 33.4 Å². The van der Waals surface area contributed by atoms with Crippen molar-refractivity contribution in [1.29, 1.82) is 0 Å². The average molecular weight is 248 g/mol. The molecular formula is C10H20N2O5. The Hall–Kier alpha value is -1.50. The Morgan fingerprint density at radius 1 is 1.00 bits per heavy atom. The topological polar surface area (TPSA) is 85.9 Å². The molecular weight excluding hydrogens is 228 g/mol. The lowest BCUT2D eigenvalue weighted by molar-refractivity contribution is -0.00430. The lowest BCUT2D eigenvalue weighted by Gasteiger charge is -2.15. The van der Waals surface area contributed by atoms with E-state index in [-0.39, 0.29) is 13.2 Å². The third-order valence-corrected chi connectivity index (χ3v) is 1.78. The van der Waals surface area contributed by atoms with Gasteiger partial charge in [0.15, 0.2) is 0 Å². The monoisotopic (exact) mass is 248 g/mol. The van der Waals surface area contributed by atoms with Crippen molar-refractivity contribution in [3.63, 3.8) is 0 Å². The highest BCUT2D eigenvalue weighted by Crippen LogP contribution is 1.94. The lowest BCUT2D eigenvalue weighted by Crippen LogP contribution is -2.33. The molecule has 0 spiro atoms. The fraction of sp³-hybridized carbons (Fsp3) is 0.800. The molecule has 0 saturated carbocycles. The van der Waals surface area contributed by atoms with Gasteiger partial charge in [0.25, 0.3) is 0 Å². The number of methoxy groups -OCH3 is 1. The second-order valence-electron chi connectivity index (χ2n) is 3.12. The van der Waals surface area contributed by atoms with Crippen LogP contribution in [0.2, 0.25) is 0 Å². The van der Waals surface area contributed by atoms with Crippen molar-refractivity contribution in [3.8, 4) is 0 Å². The molecule has 0 unspecified atom stereocenters. The standard InChI is InChI=1S/C10H20N2O5/c1-4-11-9(13)16-6-8(15-3)7-17-10(14)12-5-2/h8H,4-7H2,1-3H3,(H,11,13)(H,12,14). The van der Waals surface area contributed by atoms with Gasteiger partial charge in [-0.15, -0.1) is 0 Å². The van der Waals surface area contributed by atoms with Gasteiger partial charge in [0, 0.05) is 20.2 Å². The van der Waals surface area contributed by atoms with Crippen LogP contribution in [0.1, 0.15) is 13.8 Å². The molecule has 2 amide bonds. The Bertz CT molecular complexity index is 213. The van der Waals surface area contributed by atoms with E-state index in [9.17, 15) is 9.59 Å². The molecule has 0 bridgehead atoms. The predicted octanol–water partition coefficient (Wildman–Crippen LogP) is 0.494. The summed E-state index contributed by atoms with van der Waals surface area (Å²) < 4.78 is 14.7. The summed E-state index contributed by atoms with van der Waals surface area (Å²) in [5, 5.41) is 4.95. The van der Waals surface area contributed by atoms with Crippen LogP contribution in [0.3, 0.4) is 0 Å². The number of hydrogen-bond acceptors (Lipinski definition) is 5. The van der Waals surface area contributed by atoms with Crippen LogP contribution in [0.5, 0.6) is 0 Å². The first-order chi connectivity index (χ1) is 8.13. The van der Waals surface area contributed by atoms with Gasteiger partial charge in [-0.1, -0.05) is 0 Å². The summed E-state index contributed by atoms with van der Waals surface area (Å²) in [6, 6.07) is 0. The van der Waals surface area contributed by atoms with Gasteiger partial charge in [0.05, 0.1) is 0 Å². The van der Waals surface area contributed by atoms with Crippen LogP contribution < -0.4 is 10.6 Å². The van der Waals surface area contributed by atoms with Crippen molar-refractivity contribution < 1.29 is 23.8 Å². The van der Waals surface area contributed by atoms with Gasteiger partial charge in [-0.3, -0.25) is 0 Å². The normalized spacial score (nSPS) is 9.88. The summed E-state index contributed by atoms with van der Waals surface area (Å²) in [5.74, 6) is 0. The van der Waals surface area contributed by atoms with E-state index in [0.29, 0.717) is 13.1 Å². The van der Waals surface area contributed by atoms with Crippen molar-refractivity contribution in [2.24, 2.45) is 0 Å². The minimum atomic E-state index is -0.521. The van der Waals surface area contributed by atoms with Gasteiger partial charge in [-0.2, -0.15) is 0 Å². The zero-order valence-electron chi connectivity index (χ0n) is 10.4. The van der Waals surface area contributed by atoms with Crippen LogP contribution in [0.25, 0.3) is 0 Å². The maximum absolute atomic E-state index is 11.0. The van der Waals surface area contributed by atoms with Gasteiger partial charge in [-0.25, -0.2) is 9.59 Å². The van der Waals surface area contributed by atoms with Crippen LogP contribution in [-0.2, 0) is 14.2 Å². The number of ether oxygens (including phenoxy) is 3. The fourth-order valence-corrected chi connectivity index (χ4v) is 0.912. The molecule has 0 atom stereocenters. The van der Waals surface area contributed by atoms with Gasteiger partial charge in [-0.05, 0) is 13.8 Å². The van der Waals surface area contributed by atoms with E-state index >= 15 is 0 Å². The SMILES string of the molecule is CCNC(=O)OCC(COC(=O)NCC)OC. The number of amides is 2. The molecule has 0 heterocycles. The zero-order valence-corrected chi connectivity index (χ0v) is 10.4. The number of nitrogens with one attached hydrogen (secondary N) is 2. The maximum Gasteiger partial charge on any atom is 0.407 e. The van der Waals surface area contributed by atoms with Gasteiger partial charge in [0.2, 0.25) is 0 Å². The molecule has 7 heteroatoms. The van der Waals surface area contributed by atoms with Crippen LogP contribution >= 0.6 is 0 Å². The molecule has 0 aliphatic rings. The van der Waals surface area contributed by atoms with E-state index in [1.165, 1.54) is 7.11 Å². The summed E-state index contributed by atoms with van der Waals surface area (Å²) in [4.78, 5) is 22.0. The second kappa shape index (κ2) is 9.71. The Balaban J connectivity index is 3.76. The zero-order chi connectivity index (χ0) is 13.1. The van der Waals surface area contributed by atoms with Crippen molar-refractivity contribution in [1.82, 2.24) is 10.6 Å². The van der Waals surface area contributed by atoms with E-state index in [4.69, 9.17) is 14.2 Å². The Morgan fingerprint density at radius 2 is 1.41 bits per heavy atom. The van der Waals surface area contributed by atoms with E-state index < -0.39 is 18.3 Å². The molecule has 2 N–H and O–H groups in total. The Kier molecular flexibility index (Phi) is 8.85. The molecule has 17 heavy (non-hydrogen) atoms. The molecule has 0 fully saturated rings. The first-order valence-corrected chi connectivity index (χ1v) is 5.48. The first-order valence-electron chi connectivity index (χ1n) is 5.48. The highest BCUT2D eigenvalue weighted by atomic mass is 16.6. The van der Waals surface area contributed by atoms with E-state index in [1.807, 2.05) is 0 Å². The number of carbonyl (C=O) groups excluding carboxylic acids is 2. The molecule has 0 aromatic carbocycles. The average Bonchev–Trinajstić information content (AvgIpc) is 2.30. The van der Waals surface area contributed by atoms with E-state index in [2.05, 4.69) is 10.6 Å². The quantitative estimate of drug-likeness (QED) is 0.685. The van der Waals surface area contributed by atoms with Crippen LogP contribution in [0.15, 0.2) is 0 Å². The molecule has 0 aliphatic carbocycles. The third kappa shape index (κ3) is 8.32. The predicted molar refractivity (Wildman–Crippen MR) is 60.8 cm³/mol. The van der Waals surface area contributed by atoms with Crippen molar-refractivity contribution in [3.05, 3.63) is 0 Å². The summed E-state index contributed by atoms with van der Waals surface area (Å²) >= 11 is 0. The highest BCUT2D eigenvalue weighted by Gasteiger charge is 2.13. The molecule has 0 saturated heterocycles. The fourth-order valence-electron chi connectivity index (χ4n) is 0.912. The lowest BCUT2D eigenvalue weighted by atomic mass is 10.4. The molecule has 0 radical (unpaired) electrons. The van der Waals surface area contributed by atoms with Gasteiger partial charge < -0.3 is 24.8 Å². The number of alkyl carbamates (subject to hydrolysis) is 2. The van der Waals surface area contributed by atoms with Gasteiger partial charge in [0.1, 0.15) is 19.3 Å². The number of rotatable bonds is 7. The number of carbonyl (C=O) groups is 2.